The molecular formula is C21H25NO3. The molecule has 132 valence electrons. The van der Waals surface area contributed by atoms with Crippen molar-refractivity contribution in [1.29, 1.82) is 0 Å². The highest BCUT2D eigenvalue weighted by Crippen LogP contribution is 2.48. The fourth-order valence-electron chi connectivity index (χ4n) is 3.60. The topological polar surface area (TPSA) is 46.6 Å². The Morgan fingerprint density at radius 3 is 2.52 bits per heavy atom. The average Bonchev–Trinajstić information content (AvgIpc) is 2.83. The highest BCUT2D eigenvalue weighted by atomic mass is 16.5. The molecule has 4 nitrogen and oxygen atoms in total. The quantitative estimate of drug-likeness (QED) is 0.754. The second-order valence-corrected chi connectivity index (χ2v) is 7.01. The third kappa shape index (κ3) is 2.70. The summed E-state index contributed by atoms with van der Waals surface area (Å²) < 4.78 is 5.39. The maximum absolute atomic E-state index is 12.1. The molecule has 2 aromatic carbocycles. The van der Waals surface area contributed by atoms with E-state index in [4.69, 9.17) is 4.74 Å². The molecule has 0 amide bonds. The van der Waals surface area contributed by atoms with E-state index in [1.165, 1.54) is 11.3 Å². The molecule has 0 spiro atoms. The van der Waals surface area contributed by atoms with Crippen molar-refractivity contribution in [1.82, 2.24) is 0 Å². The van der Waals surface area contributed by atoms with Gasteiger partial charge in [0.2, 0.25) is 5.43 Å². The van der Waals surface area contributed by atoms with Crippen molar-refractivity contribution in [3.63, 3.8) is 0 Å². The van der Waals surface area contributed by atoms with Crippen LogP contribution in [0.15, 0.2) is 39.6 Å². The molecule has 0 N–H and O–H groups in total. The molecule has 2 aromatic rings. The summed E-state index contributed by atoms with van der Waals surface area (Å²) in [5.74, 6) is 0.210. The number of fused-ring (bicyclic) bond motifs is 1. The van der Waals surface area contributed by atoms with Gasteiger partial charge in [-0.3, -0.25) is 9.59 Å². The van der Waals surface area contributed by atoms with Gasteiger partial charge in [-0.1, -0.05) is 45.4 Å². The molecule has 3 rings (SSSR count). The maximum atomic E-state index is 12.1. The summed E-state index contributed by atoms with van der Waals surface area (Å²) in [5.41, 5.74) is 2.70. The van der Waals surface area contributed by atoms with Gasteiger partial charge in [0.25, 0.3) is 5.43 Å². The first-order chi connectivity index (χ1) is 11.9. The molecule has 0 aromatic heterocycles. The standard InChI is InChI=1S/C21H25NO3/c1-5-7-12-22-16-11-9-8-10-15(16)21(3,4)17(22)13-14-18(23)19(24)20(14)25-6-2/h8-11,13H,5-7,12H2,1-4H3. The van der Waals surface area contributed by atoms with Crippen LogP contribution in [0.4, 0.5) is 5.69 Å². The van der Waals surface area contributed by atoms with E-state index in [0.717, 1.165) is 25.1 Å². The number of benzene rings is 1. The molecule has 0 saturated carbocycles. The number of para-hydroxylation sites is 1. The van der Waals surface area contributed by atoms with E-state index < -0.39 is 10.9 Å². The fourth-order valence-corrected chi connectivity index (χ4v) is 3.60. The molecule has 0 unspecified atom stereocenters. The molecule has 0 aliphatic carbocycles. The molecule has 0 saturated heterocycles. The SMILES string of the molecule is CCCCN1C(=Cc2c(OCC)c(=O)c2=O)C(C)(C)c2ccccc21. The van der Waals surface area contributed by atoms with Crippen molar-refractivity contribution in [3.05, 3.63) is 61.5 Å². The largest absolute Gasteiger partial charge is 0.489 e. The zero-order valence-corrected chi connectivity index (χ0v) is 15.4. The molecule has 0 atom stereocenters. The summed E-state index contributed by atoms with van der Waals surface area (Å²) in [6, 6.07) is 8.35. The lowest BCUT2D eigenvalue weighted by atomic mass is 9.83. The number of nitrogens with zero attached hydrogens (tertiary/aromatic N) is 1. The monoisotopic (exact) mass is 339 g/mol. The van der Waals surface area contributed by atoms with Gasteiger partial charge in [-0.25, -0.2) is 0 Å². The van der Waals surface area contributed by atoms with Gasteiger partial charge < -0.3 is 9.64 Å². The Bertz CT molecular complexity index is 885. The summed E-state index contributed by atoms with van der Waals surface area (Å²) in [4.78, 5) is 26.2. The van der Waals surface area contributed by atoms with Crippen LogP contribution in [-0.4, -0.2) is 13.2 Å². The van der Waals surface area contributed by atoms with Gasteiger partial charge in [-0.2, -0.15) is 0 Å². The van der Waals surface area contributed by atoms with Crippen molar-refractivity contribution in [2.24, 2.45) is 0 Å². The molecule has 0 bridgehead atoms. The zero-order chi connectivity index (χ0) is 18.2. The Morgan fingerprint density at radius 1 is 1.12 bits per heavy atom. The lowest BCUT2D eigenvalue weighted by Gasteiger charge is -2.27. The van der Waals surface area contributed by atoms with Crippen molar-refractivity contribution in [3.8, 4) is 5.75 Å². The first kappa shape index (κ1) is 17.5. The highest BCUT2D eigenvalue weighted by molar-refractivity contribution is 5.77. The summed E-state index contributed by atoms with van der Waals surface area (Å²) in [5, 5.41) is 0. The van der Waals surface area contributed by atoms with E-state index in [2.05, 4.69) is 37.8 Å². The van der Waals surface area contributed by atoms with Crippen LogP contribution in [0.2, 0.25) is 0 Å². The van der Waals surface area contributed by atoms with Crippen molar-refractivity contribution >= 4 is 11.8 Å². The van der Waals surface area contributed by atoms with Crippen molar-refractivity contribution < 1.29 is 4.74 Å². The van der Waals surface area contributed by atoms with Gasteiger partial charge in [-0.05, 0) is 31.1 Å². The van der Waals surface area contributed by atoms with E-state index in [1.54, 1.807) is 0 Å². The maximum Gasteiger partial charge on any atom is 0.268 e. The van der Waals surface area contributed by atoms with Gasteiger partial charge in [-0.15, -0.1) is 0 Å². The first-order valence-electron chi connectivity index (χ1n) is 8.98. The Labute approximate surface area is 148 Å². The Morgan fingerprint density at radius 2 is 1.84 bits per heavy atom. The van der Waals surface area contributed by atoms with Crippen LogP contribution in [-0.2, 0) is 5.41 Å². The van der Waals surface area contributed by atoms with Gasteiger partial charge >= 0.3 is 0 Å². The third-order valence-corrected chi connectivity index (χ3v) is 5.01. The van der Waals surface area contributed by atoms with Crippen LogP contribution in [0.25, 0.3) is 6.08 Å². The summed E-state index contributed by atoms with van der Waals surface area (Å²) in [6.45, 7) is 9.58. The van der Waals surface area contributed by atoms with E-state index in [0.29, 0.717) is 12.2 Å². The minimum atomic E-state index is -0.512. The van der Waals surface area contributed by atoms with Gasteiger partial charge in [0.05, 0.1) is 12.2 Å². The summed E-state index contributed by atoms with van der Waals surface area (Å²) >= 11 is 0. The smallest absolute Gasteiger partial charge is 0.268 e. The molecule has 0 radical (unpaired) electrons. The fraction of sp³-hybridized carbons (Fsp3) is 0.429. The highest BCUT2D eigenvalue weighted by Gasteiger charge is 2.40. The molecule has 25 heavy (non-hydrogen) atoms. The predicted octanol–water partition coefficient (Wildman–Crippen LogP) is 3.62. The lowest BCUT2D eigenvalue weighted by molar-refractivity contribution is 0.332. The number of hydrogen-bond donors (Lipinski definition) is 0. The lowest BCUT2D eigenvalue weighted by Crippen LogP contribution is -2.36. The van der Waals surface area contributed by atoms with Crippen LogP contribution in [0, 0.1) is 0 Å². The Kier molecular flexibility index (Phi) is 4.55. The molecule has 1 aliphatic rings. The summed E-state index contributed by atoms with van der Waals surface area (Å²) in [6.07, 6.45) is 4.02. The van der Waals surface area contributed by atoms with Gasteiger partial charge in [0, 0.05) is 23.3 Å². The van der Waals surface area contributed by atoms with Crippen molar-refractivity contribution in [2.45, 2.75) is 46.0 Å². The Hall–Kier alpha value is -2.36. The zero-order valence-electron chi connectivity index (χ0n) is 15.4. The first-order valence-corrected chi connectivity index (χ1v) is 8.98. The van der Waals surface area contributed by atoms with Crippen molar-refractivity contribution in [2.75, 3.05) is 18.1 Å². The van der Waals surface area contributed by atoms with E-state index >= 15 is 0 Å². The van der Waals surface area contributed by atoms with Crippen LogP contribution >= 0.6 is 0 Å². The van der Waals surface area contributed by atoms with Crippen LogP contribution in [0.3, 0.4) is 0 Å². The average molecular weight is 339 g/mol. The minimum Gasteiger partial charge on any atom is -0.489 e. The van der Waals surface area contributed by atoms with E-state index in [1.807, 2.05) is 25.1 Å². The number of ether oxygens (including phenoxy) is 1. The molecule has 4 heteroatoms. The van der Waals surface area contributed by atoms with Gasteiger partial charge in [0.15, 0.2) is 5.75 Å². The third-order valence-electron chi connectivity index (χ3n) is 5.01. The number of anilines is 1. The molecule has 1 aliphatic heterocycles. The van der Waals surface area contributed by atoms with Gasteiger partial charge in [0.1, 0.15) is 0 Å². The number of hydrogen-bond acceptors (Lipinski definition) is 4. The Balaban J connectivity index is 2.12. The minimum absolute atomic E-state index is 0.210. The van der Waals surface area contributed by atoms with Crippen LogP contribution in [0.1, 0.15) is 51.7 Å². The number of rotatable bonds is 6. The number of allylic oxidation sites excluding steroid dienone is 1. The van der Waals surface area contributed by atoms with E-state index in [-0.39, 0.29) is 11.2 Å². The second kappa shape index (κ2) is 6.51. The molecule has 0 fully saturated rings. The predicted molar refractivity (Wildman–Crippen MR) is 102 cm³/mol. The summed E-state index contributed by atoms with van der Waals surface area (Å²) in [7, 11) is 0. The van der Waals surface area contributed by atoms with Crippen LogP contribution < -0.4 is 20.5 Å². The normalized spacial score (nSPS) is 17.3. The molecule has 1 heterocycles. The van der Waals surface area contributed by atoms with E-state index in [9.17, 15) is 9.59 Å². The molecular weight excluding hydrogens is 314 g/mol. The second-order valence-electron chi connectivity index (χ2n) is 7.01. The van der Waals surface area contributed by atoms with Crippen LogP contribution in [0.5, 0.6) is 5.75 Å². The number of unbranched alkanes of at least 4 members (excludes halogenated alkanes) is 1.